The van der Waals surface area contributed by atoms with Crippen molar-refractivity contribution in [3.63, 3.8) is 0 Å². The molecular weight excluding hydrogens is 345 g/mol. The summed E-state index contributed by atoms with van der Waals surface area (Å²) in [5, 5.41) is 9.69. The van der Waals surface area contributed by atoms with Crippen molar-refractivity contribution in [3.05, 3.63) is 67.2 Å². The van der Waals surface area contributed by atoms with Crippen LogP contribution in [-0.2, 0) is 0 Å². The van der Waals surface area contributed by atoms with Gasteiger partial charge in [0.15, 0.2) is 0 Å². The summed E-state index contributed by atoms with van der Waals surface area (Å²) in [5.74, 6) is 0.301. The zero-order chi connectivity index (χ0) is 14.9. The van der Waals surface area contributed by atoms with Gasteiger partial charge in [0.2, 0.25) is 0 Å². The molecule has 102 valence electrons. The van der Waals surface area contributed by atoms with E-state index in [0.717, 1.165) is 5.56 Å². The number of aryl methyl sites for hydroxylation is 1. The standard InChI is InChI=1S/C14H7Cl4N2.Li/c1-7-3-2-4-8(5-7)9(6-19)10-11(15)13(17)20-14(18)12(10)16;/h2-5H,1H3;/q-1;+1. The first kappa shape index (κ1) is 18.5. The van der Waals surface area contributed by atoms with Crippen LogP contribution in [0.15, 0.2) is 24.3 Å². The number of halogens is 4. The van der Waals surface area contributed by atoms with Gasteiger partial charge in [0, 0.05) is 10.0 Å². The Balaban J connectivity index is 0.00000220. The molecule has 7 heteroatoms. The smallest absolute Gasteiger partial charge is 0.238 e. The maximum absolute atomic E-state index is 9.44. The average molecular weight is 352 g/mol. The number of rotatable bonds is 2. The zero-order valence-corrected chi connectivity index (χ0v) is 14.2. The van der Waals surface area contributed by atoms with E-state index in [-0.39, 0.29) is 39.2 Å². The second-order valence-corrected chi connectivity index (χ2v) is 5.52. The van der Waals surface area contributed by atoms with Gasteiger partial charge in [0.05, 0.1) is 6.07 Å². The number of hydrogen-bond donors (Lipinski definition) is 0. The molecule has 0 aliphatic heterocycles. The summed E-state index contributed by atoms with van der Waals surface area (Å²) >= 11 is 24.1. The van der Waals surface area contributed by atoms with Gasteiger partial charge < -0.3 is 0 Å². The molecular formula is C14H7Cl4LiN2. The van der Waals surface area contributed by atoms with E-state index in [0.29, 0.717) is 17.0 Å². The first-order chi connectivity index (χ1) is 9.45. The molecule has 2 aromatic rings. The molecule has 0 amide bonds. The molecule has 0 aliphatic rings. The first-order valence-corrected chi connectivity index (χ1v) is 7.01. The van der Waals surface area contributed by atoms with Crippen LogP contribution in [0.3, 0.4) is 0 Å². The van der Waals surface area contributed by atoms with Gasteiger partial charge in [-0.15, -0.1) is 40.9 Å². The predicted molar refractivity (Wildman–Crippen MR) is 82.5 cm³/mol. The second-order valence-electron chi connectivity index (χ2n) is 4.05. The van der Waals surface area contributed by atoms with Gasteiger partial charge in [0.25, 0.3) is 0 Å². The largest absolute Gasteiger partial charge is 1.00 e. The van der Waals surface area contributed by atoms with Crippen molar-refractivity contribution < 1.29 is 18.9 Å². The zero-order valence-electron chi connectivity index (χ0n) is 11.2. The van der Waals surface area contributed by atoms with Crippen LogP contribution >= 0.6 is 46.4 Å². The Morgan fingerprint density at radius 3 is 2.14 bits per heavy atom. The molecule has 0 N–H and O–H groups in total. The summed E-state index contributed by atoms with van der Waals surface area (Å²) < 4.78 is 0. The van der Waals surface area contributed by atoms with Crippen molar-refractivity contribution in [1.82, 2.24) is 4.98 Å². The van der Waals surface area contributed by atoms with E-state index in [1.165, 1.54) is 0 Å². The molecule has 21 heavy (non-hydrogen) atoms. The van der Waals surface area contributed by atoms with E-state index in [4.69, 9.17) is 46.4 Å². The monoisotopic (exact) mass is 350 g/mol. The third-order valence-corrected chi connectivity index (χ3v) is 4.14. The van der Waals surface area contributed by atoms with Gasteiger partial charge in [-0.1, -0.05) is 46.5 Å². The minimum atomic E-state index is 0. The van der Waals surface area contributed by atoms with E-state index in [1.54, 1.807) is 6.07 Å². The topological polar surface area (TPSA) is 36.7 Å². The van der Waals surface area contributed by atoms with E-state index >= 15 is 0 Å². The summed E-state index contributed by atoms with van der Waals surface area (Å²) in [6.07, 6.45) is 0. The third-order valence-electron chi connectivity index (χ3n) is 2.67. The molecule has 1 aromatic carbocycles. The molecule has 0 saturated carbocycles. The van der Waals surface area contributed by atoms with Gasteiger partial charge in [-0.3, -0.25) is 0 Å². The normalized spacial score (nSPS) is 9.71. The summed E-state index contributed by atoms with van der Waals surface area (Å²) in [6.45, 7) is 1.92. The van der Waals surface area contributed by atoms with Gasteiger partial charge in [-0.2, -0.15) is 0 Å². The van der Waals surface area contributed by atoms with Crippen molar-refractivity contribution in [1.29, 1.82) is 5.26 Å². The predicted octanol–water partition coefficient (Wildman–Crippen LogP) is 2.50. The van der Waals surface area contributed by atoms with Crippen LogP contribution in [0.2, 0.25) is 20.4 Å². The molecule has 0 radical (unpaired) electrons. The Labute approximate surface area is 155 Å². The fourth-order valence-corrected chi connectivity index (χ4v) is 2.68. The third kappa shape index (κ3) is 3.82. The molecule has 1 aromatic heterocycles. The number of hydrogen-bond acceptors (Lipinski definition) is 2. The number of nitriles is 1. The maximum atomic E-state index is 9.44. The molecule has 0 bridgehead atoms. The van der Waals surface area contributed by atoms with E-state index < -0.39 is 0 Å². The Kier molecular flexibility index (Phi) is 6.76. The van der Waals surface area contributed by atoms with Gasteiger partial charge >= 0.3 is 18.9 Å². The van der Waals surface area contributed by atoms with E-state index in [2.05, 4.69) is 11.1 Å². The van der Waals surface area contributed by atoms with Gasteiger partial charge in [-0.05, 0) is 12.8 Å². The van der Waals surface area contributed by atoms with E-state index in [9.17, 15) is 5.26 Å². The van der Waals surface area contributed by atoms with Crippen molar-refractivity contribution in [2.45, 2.75) is 6.92 Å². The quantitative estimate of drug-likeness (QED) is 0.473. The molecule has 0 aliphatic carbocycles. The number of pyridine rings is 1. The van der Waals surface area contributed by atoms with Crippen molar-refractivity contribution >= 4 is 46.4 Å². The van der Waals surface area contributed by atoms with Crippen molar-refractivity contribution in [2.75, 3.05) is 0 Å². The van der Waals surface area contributed by atoms with Crippen LogP contribution in [0.4, 0.5) is 0 Å². The molecule has 2 rings (SSSR count). The molecule has 1 heterocycles. The number of nitrogens with zero attached hydrogens (tertiary/aromatic N) is 2. The Morgan fingerprint density at radius 2 is 1.67 bits per heavy atom. The molecule has 2 nitrogen and oxygen atoms in total. The van der Waals surface area contributed by atoms with Crippen LogP contribution in [-0.4, -0.2) is 4.98 Å². The van der Waals surface area contributed by atoms with Crippen LogP contribution in [0.1, 0.15) is 16.7 Å². The van der Waals surface area contributed by atoms with Crippen LogP contribution in [0, 0.1) is 24.2 Å². The average Bonchev–Trinajstić information content (AvgIpc) is 2.41. The Hall–Kier alpha value is -0.513. The minimum absolute atomic E-state index is 0. The van der Waals surface area contributed by atoms with Crippen LogP contribution in [0.25, 0.3) is 0 Å². The maximum Gasteiger partial charge on any atom is 1.00 e. The Bertz CT molecular complexity index is 687. The van der Waals surface area contributed by atoms with E-state index in [1.807, 2.05) is 25.1 Å². The summed E-state index contributed by atoms with van der Waals surface area (Å²) in [4.78, 5) is 3.81. The number of benzene rings is 1. The summed E-state index contributed by atoms with van der Waals surface area (Å²) in [6, 6.07) is 9.51. The molecule has 0 atom stereocenters. The molecule has 0 fully saturated rings. The number of aromatic nitrogens is 1. The van der Waals surface area contributed by atoms with Gasteiger partial charge in [-0.25, -0.2) is 10.2 Å². The van der Waals surface area contributed by atoms with Crippen LogP contribution in [0.5, 0.6) is 0 Å². The Morgan fingerprint density at radius 1 is 1.10 bits per heavy atom. The van der Waals surface area contributed by atoms with Gasteiger partial charge in [0.1, 0.15) is 10.3 Å². The van der Waals surface area contributed by atoms with Crippen molar-refractivity contribution in [3.8, 4) is 6.07 Å². The molecule has 0 saturated heterocycles. The fourth-order valence-electron chi connectivity index (χ4n) is 1.77. The summed E-state index contributed by atoms with van der Waals surface area (Å²) in [7, 11) is 0. The summed E-state index contributed by atoms with van der Waals surface area (Å²) in [5.41, 5.74) is 2.00. The first-order valence-electron chi connectivity index (χ1n) is 5.50. The molecule has 0 spiro atoms. The molecule has 0 unspecified atom stereocenters. The van der Waals surface area contributed by atoms with Crippen molar-refractivity contribution in [2.24, 2.45) is 0 Å². The second kappa shape index (κ2) is 7.66. The SMILES string of the molecule is Cc1cccc([C-](C#N)c2c(Cl)c(Cl)nc(Cl)c2Cl)c1.[Li+]. The fraction of sp³-hybridized carbons (Fsp3) is 0.0714. The minimum Gasteiger partial charge on any atom is -0.238 e. The van der Waals surface area contributed by atoms with Crippen LogP contribution < -0.4 is 18.9 Å².